The molecule has 128 valence electrons. The molecule has 2 unspecified atom stereocenters. The van der Waals surface area contributed by atoms with Crippen molar-refractivity contribution in [2.24, 2.45) is 0 Å². The summed E-state index contributed by atoms with van der Waals surface area (Å²) in [6.45, 7) is 2.82. The second kappa shape index (κ2) is 7.44. The molecule has 2 atom stereocenters. The van der Waals surface area contributed by atoms with Crippen LogP contribution in [0.5, 0.6) is 0 Å². The van der Waals surface area contributed by atoms with Crippen LogP contribution in [0.2, 0.25) is 10.0 Å². The smallest absolute Gasteiger partial charge is 0.320 e. The molecule has 0 radical (unpaired) electrons. The number of hydrogen-bond donors (Lipinski definition) is 1. The average Bonchev–Trinajstić information content (AvgIpc) is 2.97. The minimum Gasteiger partial charge on any atom is -0.480 e. The fourth-order valence-electron chi connectivity index (χ4n) is 3.33. The first-order chi connectivity index (χ1) is 11.5. The van der Waals surface area contributed by atoms with Crippen molar-refractivity contribution < 1.29 is 9.90 Å². The minimum atomic E-state index is -0.756. The van der Waals surface area contributed by atoms with Crippen LogP contribution < -0.4 is 0 Å². The normalized spacial score (nSPS) is 20.0. The first-order valence-electron chi connectivity index (χ1n) is 7.96. The minimum absolute atomic E-state index is 0.111. The summed E-state index contributed by atoms with van der Waals surface area (Å²) >= 11 is 13.9. The van der Waals surface area contributed by atoms with Gasteiger partial charge in [-0.25, -0.2) is 0 Å². The standard InChI is InChI=1S/C18H19Cl2NO2S/c1-11-8-16(24-10-11)17(12-5-6-13(19)14(20)9-12)21-7-3-2-4-15(21)18(22)23/h5-6,8-10,15,17H,2-4,7H2,1H3,(H,22,23). The number of carboxylic acids is 1. The number of thiophene rings is 1. The number of likely N-dealkylation sites (tertiary alicyclic amines) is 1. The number of nitrogens with zero attached hydrogens (tertiary/aromatic N) is 1. The van der Waals surface area contributed by atoms with Crippen molar-refractivity contribution in [2.75, 3.05) is 6.54 Å². The SMILES string of the molecule is Cc1csc(C(c2ccc(Cl)c(Cl)c2)N2CCCCC2C(=O)O)c1. The fraction of sp³-hybridized carbons (Fsp3) is 0.389. The molecular weight excluding hydrogens is 365 g/mol. The van der Waals surface area contributed by atoms with Gasteiger partial charge in [0, 0.05) is 4.88 Å². The Labute approximate surface area is 155 Å². The first-order valence-corrected chi connectivity index (χ1v) is 9.59. The summed E-state index contributed by atoms with van der Waals surface area (Å²) in [5.74, 6) is -0.756. The molecule has 0 bridgehead atoms. The van der Waals surface area contributed by atoms with E-state index in [1.807, 2.05) is 12.1 Å². The third kappa shape index (κ3) is 3.62. The van der Waals surface area contributed by atoms with Gasteiger partial charge in [0.25, 0.3) is 0 Å². The van der Waals surface area contributed by atoms with Crippen LogP contribution in [-0.4, -0.2) is 28.6 Å². The molecule has 1 aliphatic rings. The van der Waals surface area contributed by atoms with E-state index in [0.29, 0.717) is 16.5 Å². The van der Waals surface area contributed by atoms with Gasteiger partial charge in [0.15, 0.2) is 0 Å². The summed E-state index contributed by atoms with van der Waals surface area (Å²) in [4.78, 5) is 15.0. The van der Waals surface area contributed by atoms with Crippen molar-refractivity contribution in [3.63, 3.8) is 0 Å². The molecule has 1 aromatic carbocycles. The van der Waals surface area contributed by atoms with Gasteiger partial charge in [0.2, 0.25) is 0 Å². The lowest BCUT2D eigenvalue weighted by Gasteiger charge is -2.39. The zero-order chi connectivity index (χ0) is 17.3. The van der Waals surface area contributed by atoms with Crippen molar-refractivity contribution in [1.29, 1.82) is 0 Å². The second-order valence-electron chi connectivity index (χ2n) is 6.19. The lowest BCUT2D eigenvalue weighted by molar-refractivity contribution is -0.145. The van der Waals surface area contributed by atoms with Gasteiger partial charge in [-0.1, -0.05) is 35.7 Å². The molecule has 1 aromatic heterocycles. The molecule has 0 saturated carbocycles. The predicted octanol–water partition coefficient (Wildman–Crippen LogP) is 5.39. The van der Waals surface area contributed by atoms with Crippen LogP contribution in [0.4, 0.5) is 0 Å². The second-order valence-corrected chi connectivity index (χ2v) is 7.95. The van der Waals surface area contributed by atoms with E-state index in [4.69, 9.17) is 23.2 Å². The average molecular weight is 384 g/mol. The first kappa shape index (κ1) is 17.7. The van der Waals surface area contributed by atoms with Crippen molar-refractivity contribution >= 4 is 40.5 Å². The molecule has 1 N–H and O–H groups in total. The topological polar surface area (TPSA) is 40.5 Å². The Morgan fingerprint density at radius 1 is 1.29 bits per heavy atom. The summed E-state index contributed by atoms with van der Waals surface area (Å²) in [5, 5.41) is 12.8. The molecule has 1 aliphatic heterocycles. The van der Waals surface area contributed by atoms with Gasteiger partial charge in [0.1, 0.15) is 6.04 Å². The molecule has 2 aromatic rings. The predicted molar refractivity (Wildman–Crippen MR) is 99.3 cm³/mol. The highest BCUT2D eigenvalue weighted by Crippen LogP contribution is 2.38. The van der Waals surface area contributed by atoms with Crippen molar-refractivity contribution in [3.05, 3.63) is 55.7 Å². The maximum atomic E-state index is 11.8. The summed E-state index contributed by atoms with van der Waals surface area (Å²) in [7, 11) is 0. The Kier molecular flexibility index (Phi) is 5.50. The largest absolute Gasteiger partial charge is 0.480 e. The number of carbonyl (C=O) groups is 1. The molecule has 0 amide bonds. The highest BCUT2D eigenvalue weighted by molar-refractivity contribution is 7.10. The van der Waals surface area contributed by atoms with Crippen LogP contribution in [0.1, 0.15) is 41.3 Å². The van der Waals surface area contributed by atoms with E-state index in [9.17, 15) is 9.90 Å². The zero-order valence-electron chi connectivity index (χ0n) is 13.3. The molecule has 3 nitrogen and oxygen atoms in total. The van der Waals surface area contributed by atoms with E-state index >= 15 is 0 Å². The number of halogens is 2. The van der Waals surface area contributed by atoms with Crippen LogP contribution >= 0.6 is 34.5 Å². The van der Waals surface area contributed by atoms with E-state index in [-0.39, 0.29) is 6.04 Å². The van der Waals surface area contributed by atoms with Crippen LogP contribution in [0, 0.1) is 6.92 Å². The van der Waals surface area contributed by atoms with E-state index in [1.165, 1.54) is 5.56 Å². The van der Waals surface area contributed by atoms with Gasteiger partial charge in [-0.3, -0.25) is 9.69 Å². The quantitative estimate of drug-likeness (QED) is 0.768. The molecular formula is C18H19Cl2NO2S. The highest BCUT2D eigenvalue weighted by Gasteiger charge is 2.35. The number of hydrogen-bond acceptors (Lipinski definition) is 3. The van der Waals surface area contributed by atoms with Gasteiger partial charge in [-0.15, -0.1) is 11.3 Å². The number of benzene rings is 1. The third-order valence-corrected chi connectivity index (χ3v) is 6.28. The maximum Gasteiger partial charge on any atom is 0.320 e. The fourth-order valence-corrected chi connectivity index (χ4v) is 4.68. The Bertz CT molecular complexity index is 746. The molecule has 0 aliphatic carbocycles. The van der Waals surface area contributed by atoms with Crippen LogP contribution in [0.25, 0.3) is 0 Å². The van der Waals surface area contributed by atoms with Gasteiger partial charge < -0.3 is 5.11 Å². The van der Waals surface area contributed by atoms with Crippen LogP contribution in [0.15, 0.2) is 29.6 Å². The van der Waals surface area contributed by atoms with Gasteiger partial charge >= 0.3 is 5.97 Å². The van der Waals surface area contributed by atoms with Crippen molar-refractivity contribution in [3.8, 4) is 0 Å². The molecule has 3 rings (SSSR count). The lowest BCUT2D eigenvalue weighted by Crippen LogP contribution is -2.46. The Balaban J connectivity index is 2.07. The Morgan fingerprint density at radius 3 is 2.71 bits per heavy atom. The summed E-state index contributed by atoms with van der Waals surface area (Å²) in [6, 6.07) is 7.14. The third-order valence-electron chi connectivity index (χ3n) is 4.44. The van der Waals surface area contributed by atoms with E-state index in [1.54, 1.807) is 17.4 Å². The number of rotatable bonds is 4. The van der Waals surface area contributed by atoms with Crippen LogP contribution in [-0.2, 0) is 4.79 Å². The molecule has 2 heterocycles. The van der Waals surface area contributed by atoms with Gasteiger partial charge in [0.05, 0.1) is 16.1 Å². The van der Waals surface area contributed by atoms with E-state index in [0.717, 1.165) is 29.8 Å². The summed E-state index contributed by atoms with van der Waals surface area (Å²) in [5.41, 5.74) is 2.17. The molecule has 24 heavy (non-hydrogen) atoms. The number of aryl methyl sites for hydroxylation is 1. The summed E-state index contributed by atoms with van der Waals surface area (Å²) in [6.07, 6.45) is 2.63. The molecule has 1 fully saturated rings. The Morgan fingerprint density at radius 2 is 2.08 bits per heavy atom. The Hall–Kier alpha value is -1.07. The maximum absolute atomic E-state index is 11.8. The number of carboxylic acid groups (broad SMARTS) is 1. The molecule has 6 heteroatoms. The molecule has 0 spiro atoms. The zero-order valence-corrected chi connectivity index (χ0v) is 15.7. The summed E-state index contributed by atoms with van der Waals surface area (Å²) < 4.78 is 0. The lowest BCUT2D eigenvalue weighted by atomic mass is 9.95. The van der Waals surface area contributed by atoms with E-state index < -0.39 is 12.0 Å². The van der Waals surface area contributed by atoms with E-state index in [2.05, 4.69) is 23.3 Å². The van der Waals surface area contributed by atoms with Crippen LogP contribution in [0.3, 0.4) is 0 Å². The van der Waals surface area contributed by atoms with Gasteiger partial charge in [-0.05, 0) is 61.0 Å². The molecule has 1 saturated heterocycles. The van der Waals surface area contributed by atoms with Gasteiger partial charge in [-0.2, -0.15) is 0 Å². The number of aliphatic carboxylic acids is 1. The van der Waals surface area contributed by atoms with Crippen molar-refractivity contribution in [1.82, 2.24) is 4.90 Å². The number of piperidine rings is 1. The van der Waals surface area contributed by atoms with Crippen molar-refractivity contribution in [2.45, 2.75) is 38.3 Å². The monoisotopic (exact) mass is 383 g/mol. The highest BCUT2D eigenvalue weighted by atomic mass is 35.5.